The summed E-state index contributed by atoms with van der Waals surface area (Å²) < 4.78 is 19.2. The van der Waals surface area contributed by atoms with Gasteiger partial charge in [-0.05, 0) is 18.1 Å². The lowest BCUT2D eigenvalue weighted by Gasteiger charge is -2.14. The Hall–Kier alpha value is -1.33. The zero-order valence-corrected chi connectivity index (χ0v) is 11.2. The van der Waals surface area contributed by atoms with Crippen molar-refractivity contribution in [3.63, 3.8) is 0 Å². The fourth-order valence-corrected chi connectivity index (χ4v) is 2.36. The Kier molecular flexibility index (Phi) is 4.27. The van der Waals surface area contributed by atoms with Crippen LogP contribution < -0.4 is 10.1 Å². The largest absolute Gasteiger partial charge is 0.489 e. The van der Waals surface area contributed by atoms with Gasteiger partial charge in [-0.2, -0.15) is 0 Å². The van der Waals surface area contributed by atoms with E-state index in [9.17, 15) is 9.18 Å². The molecule has 1 aliphatic rings. The number of nitrogens with one attached hydrogen (secondary N) is 1. The predicted molar refractivity (Wildman–Crippen MR) is 69.2 cm³/mol. The molecule has 1 aromatic carbocycles. The fraction of sp³-hybridized carbons (Fsp3) is 0.462. The van der Waals surface area contributed by atoms with Crippen molar-refractivity contribution in [2.75, 3.05) is 6.54 Å². The highest BCUT2D eigenvalue weighted by Crippen LogP contribution is 2.27. The van der Waals surface area contributed by atoms with Gasteiger partial charge in [-0.15, -0.1) is 0 Å². The van der Waals surface area contributed by atoms with E-state index < -0.39 is 17.8 Å². The van der Waals surface area contributed by atoms with Crippen molar-refractivity contribution in [2.45, 2.75) is 31.9 Å². The van der Waals surface area contributed by atoms with Crippen LogP contribution in [0.15, 0.2) is 12.1 Å². The third-order valence-corrected chi connectivity index (χ3v) is 3.57. The summed E-state index contributed by atoms with van der Waals surface area (Å²) in [5, 5.41) is 11.8. The van der Waals surface area contributed by atoms with Crippen molar-refractivity contribution in [2.24, 2.45) is 0 Å². The van der Waals surface area contributed by atoms with E-state index in [1.54, 1.807) is 6.07 Å². The van der Waals surface area contributed by atoms with Crippen LogP contribution in [0.2, 0.25) is 5.02 Å². The van der Waals surface area contributed by atoms with Gasteiger partial charge in [0.15, 0.2) is 0 Å². The normalized spacial score (nSPS) is 22.5. The maximum Gasteiger partial charge on any atom is 0.320 e. The van der Waals surface area contributed by atoms with Gasteiger partial charge in [-0.25, -0.2) is 4.39 Å². The molecule has 0 bridgehead atoms. The molecular formula is C13H15ClFNO3. The molecule has 0 saturated carbocycles. The van der Waals surface area contributed by atoms with Crippen LogP contribution in [0.25, 0.3) is 0 Å². The molecule has 4 nitrogen and oxygen atoms in total. The first kappa shape index (κ1) is 14.1. The molecule has 0 spiro atoms. The molecule has 1 aliphatic heterocycles. The number of aliphatic carboxylic acids is 1. The first-order valence-corrected chi connectivity index (χ1v) is 6.49. The van der Waals surface area contributed by atoms with E-state index in [2.05, 4.69) is 5.32 Å². The lowest BCUT2D eigenvalue weighted by atomic mass is 10.1. The van der Waals surface area contributed by atoms with Crippen molar-refractivity contribution in [3.05, 3.63) is 28.5 Å². The molecule has 0 amide bonds. The van der Waals surface area contributed by atoms with E-state index in [-0.39, 0.29) is 11.1 Å². The monoisotopic (exact) mass is 287 g/mol. The Balaban J connectivity index is 2.08. The van der Waals surface area contributed by atoms with E-state index in [0.29, 0.717) is 30.7 Å². The van der Waals surface area contributed by atoms with Gasteiger partial charge in [-0.3, -0.25) is 4.79 Å². The zero-order chi connectivity index (χ0) is 14.0. The topological polar surface area (TPSA) is 58.6 Å². The quantitative estimate of drug-likeness (QED) is 0.892. The lowest BCUT2D eigenvalue weighted by molar-refractivity contribution is -0.139. The van der Waals surface area contributed by atoms with Gasteiger partial charge in [-0.1, -0.05) is 18.5 Å². The molecule has 19 heavy (non-hydrogen) atoms. The molecule has 2 atom stereocenters. The van der Waals surface area contributed by atoms with Crippen LogP contribution in [0, 0.1) is 5.82 Å². The van der Waals surface area contributed by atoms with E-state index in [1.807, 2.05) is 6.92 Å². The summed E-state index contributed by atoms with van der Waals surface area (Å²) in [7, 11) is 0. The van der Waals surface area contributed by atoms with E-state index in [0.717, 1.165) is 0 Å². The van der Waals surface area contributed by atoms with Crippen LogP contribution in [0.1, 0.15) is 18.9 Å². The van der Waals surface area contributed by atoms with Crippen molar-refractivity contribution in [1.82, 2.24) is 5.32 Å². The molecule has 1 heterocycles. The molecule has 2 rings (SSSR count). The summed E-state index contributed by atoms with van der Waals surface area (Å²) in [6, 6.07) is 2.32. The summed E-state index contributed by atoms with van der Waals surface area (Å²) in [4.78, 5) is 10.8. The van der Waals surface area contributed by atoms with Gasteiger partial charge in [0.05, 0.1) is 5.02 Å². The second-order valence-electron chi connectivity index (χ2n) is 4.51. The van der Waals surface area contributed by atoms with Gasteiger partial charge >= 0.3 is 5.97 Å². The van der Waals surface area contributed by atoms with Crippen LogP contribution in [0.4, 0.5) is 4.39 Å². The number of ether oxygens (including phenoxy) is 1. The van der Waals surface area contributed by atoms with Crippen molar-refractivity contribution in [1.29, 1.82) is 0 Å². The standard InChI is InChI=1S/C13H15ClFNO3/c1-2-7-3-8(4-10(15)12(7)14)19-9-5-11(13(17)18)16-6-9/h3-4,9,11,16H,2,5-6H2,1H3,(H,17,18)/t9-,11-/m0/s1. The minimum atomic E-state index is -0.900. The molecule has 1 aromatic rings. The molecule has 104 valence electrons. The van der Waals surface area contributed by atoms with Gasteiger partial charge in [0.1, 0.15) is 23.7 Å². The summed E-state index contributed by atoms with van der Waals surface area (Å²) >= 11 is 5.83. The fourth-order valence-electron chi connectivity index (χ4n) is 2.12. The smallest absolute Gasteiger partial charge is 0.320 e. The Morgan fingerprint density at radius 3 is 2.95 bits per heavy atom. The minimum absolute atomic E-state index is 0.114. The second-order valence-corrected chi connectivity index (χ2v) is 4.88. The molecule has 6 heteroatoms. The summed E-state index contributed by atoms with van der Waals surface area (Å²) in [6.45, 7) is 2.31. The highest BCUT2D eigenvalue weighted by atomic mass is 35.5. The third kappa shape index (κ3) is 3.16. The zero-order valence-electron chi connectivity index (χ0n) is 10.5. The van der Waals surface area contributed by atoms with Crippen LogP contribution in [0.5, 0.6) is 5.75 Å². The molecule has 0 radical (unpaired) electrons. The molecule has 0 unspecified atom stereocenters. The number of aryl methyl sites for hydroxylation is 1. The maximum absolute atomic E-state index is 13.6. The van der Waals surface area contributed by atoms with E-state index in [1.165, 1.54) is 6.07 Å². The van der Waals surface area contributed by atoms with Gasteiger partial charge in [0.25, 0.3) is 0 Å². The number of rotatable bonds is 4. The van der Waals surface area contributed by atoms with Crippen LogP contribution in [-0.4, -0.2) is 29.8 Å². The van der Waals surface area contributed by atoms with E-state index in [4.69, 9.17) is 21.4 Å². The number of carbonyl (C=O) groups is 1. The Labute approximate surface area is 115 Å². The Morgan fingerprint density at radius 2 is 2.37 bits per heavy atom. The van der Waals surface area contributed by atoms with Gasteiger partial charge < -0.3 is 15.2 Å². The highest BCUT2D eigenvalue weighted by molar-refractivity contribution is 6.31. The Morgan fingerprint density at radius 1 is 1.63 bits per heavy atom. The van der Waals surface area contributed by atoms with Gasteiger partial charge in [0.2, 0.25) is 0 Å². The highest BCUT2D eigenvalue weighted by Gasteiger charge is 2.30. The molecule has 0 aromatic heterocycles. The number of halogens is 2. The summed E-state index contributed by atoms with van der Waals surface area (Å²) in [6.07, 6.45) is 0.695. The van der Waals surface area contributed by atoms with Crippen LogP contribution >= 0.6 is 11.6 Å². The average Bonchev–Trinajstić information content (AvgIpc) is 2.82. The summed E-state index contributed by atoms with van der Waals surface area (Å²) in [5.41, 5.74) is 0.678. The Bertz CT molecular complexity index is 495. The minimum Gasteiger partial charge on any atom is -0.489 e. The van der Waals surface area contributed by atoms with E-state index >= 15 is 0 Å². The van der Waals surface area contributed by atoms with Gasteiger partial charge in [0, 0.05) is 19.0 Å². The third-order valence-electron chi connectivity index (χ3n) is 3.15. The summed E-state index contributed by atoms with van der Waals surface area (Å²) in [5.74, 6) is -1.03. The number of carboxylic acids is 1. The van der Waals surface area contributed by atoms with Crippen molar-refractivity contribution >= 4 is 17.6 Å². The maximum atomic E-state index is 13.6. The first-order chi connectivity index (χ1) is 9.01. The lowest BCUT2D eigenvalue weighted by Crippen LogP contribution is -2.30. The number of hydrogen-bond donors (Lipinski definition) is 2. The van der Waals surface area contributed by atoms with Crippen molar-refractivity contribution in [3.8, 4) is 5.75 Å². The number of hydrogen-bond acceptors (Lipinski definition) is 3. The van der Waals surface area contributed by atoms with Crippen molar-refractivity contribution < 1.29 is 19.0 Å². The molecule has 1 saturated heterocycles. The van der Waals surface area contributed by atoms with Crippen LogP contribution in [0.3, 0.4) is 0 Å². The SMILES string of the molecule is CCc1cc(O[C@@H]2CN[C@H](C(=O)O)C2)cc(F)c1Cl. The predicted octanol–water partition coefficient (Wildman–Crippen LogP) is 2.24. The first-order valence-electron chi connectivity index (χ1n) is 6.12. The van der Waals surface area contributed by atoms with Crippen LogP contribution in [-0.2, 0) is 11.2 Å². The molecule has 2 N–H and O–H groups in total. The molecule has 1 fully saturated rings. The average molecular weight is 288 g/mol. The number of benzene rings is 1. The number of carboxylic acid groups (broad SMARTS) is 1. The second kappa shape index (κ2) is 5.75. The molecule has 0 aliphatic carbocycles. The molecular weight excluding hydrogens is 273 g/mol.